The lowest BCUT2D eigenvalue weighted by Crippen LogP contribution is -2.36. The summed E-state index contributed by atoms with van der Waals surface area (Å²) in [5.74, 6) is 0.160. The summed E-state index contributed by atoms with van der Waals surface area (Å²) in [5, 5.41) is 9.03. The third-order valence-corrected chi connectivity index (χ3v) is 3.26. The van der Waals surface area contributed by atoms with Gasteiger partial charge in [-0.25, -0.2) is 5.48 Å². The zero-order valence-corrected chi connectivity index (χ0v) is 10.9. The highest BCUT2D eigenvalue weighted by Crippen LogP contribution is 2.14. The predicted molar refractivity (Wildman–Crippen MR) is 71.0 cm³/mol. The highest BCUT2D eigenvalue weighted by molar-refractivity contribution is 5.76. The van der Waals surface area contributed by atoms with Crippen molar-refractivity contribution < 1.29 is 14.7 Å². The summed E-state index contributed by atoms with van der Waals surface area (Å²) < 4.78 is 0. The van der Waals surface area contributed by atoms with E-state index in [1.165, 1.54) is 0 Å². The van der Waals surface area contributed by atoms with Gasteiger partial charge in [-0.2, -0.15) is 0 Å². The molecule has 104 valence electrons. The lowest BCUT2D eigenvalue weighted by atomic mass is 10.1. The number of hydrogen-bond donors (Lipinski definition) is 2. The van der Waals surface area contributed by atoms with E-state index in [1.54, 1.807) is 0 Å². The largest absolute Gasteiger partial charge is 0.396 e. The summed E-state index contributed by atoms with van der Waals surface area (Å²) in [6.45, 7) is 2.53. The average Bonchev–Trinajstić information content (AvgIpc) is 2.87. The molecule has 1 atom stereocenters. The second-order valence-corrected chi connectivity index (χ2v) is 4.87. The number of carbonyl (C=O) groups is 1. The number of carbonyl (C=O) groups excluding carboxylic acids is 1. The molecule has 0 bridgehead atoms. The fourth-order valence-corrected chi connectivity index (χ4v) is 2.22. The number of rotatable bonds is 6. The van der Waals surface area contributed by atoms with E-state index in [0.717, 1.165) is 25.1 Å². The number of hydrogen-bond acceptors (Lipinski definition) is 4. The van der Waals surface area contributed by atoms with E-state index >= 15 is 0 Å². The first-order valence-corrected chi connectivity index (χ1v) is 6.55. The van der Waals surface area contributed by atoms with E-state index in [-0.39, 0.29) is 12.5 Å². The van der Waals surface area contributed by atoms with Crippen LogP contribution >= 0.6 is 0 Å². The van der Waals surface area contributed by atoms with Crippen molar-refractivity contribution in [3.05, 3.63) is 35.9 Å². The Bertz CT molecular complexity index is 397. The normalized spacial score (nSPS) is 19.5. The molecule has 0 aliphatic carbocycles. The number of likely N-dealkylation sites (tertiary alicyclic amines) is 1. The summed E-state index contributed by atoms with van der Waals surface area (Å²) in [7, 11) is 0. The van der Waals surface area contributed by atoms with Gasteiger partial charge in [-0.15, -0.1) is 0 Å². The van der Waals surface area contributed by atoms with Crippen LogP contribution in [0, 0.1) is 5.92 Å². The average molecular weight is 264 g/mol. The molecule has 1 aromatic carbocycles. The van der Waals surface area contributed by atoms with Crippen molar-refractivity contribution in [2.45, 2.75) is 13.0 Å². The van der Waals surface area contributed by atoms with Crippen LogP contribution in [0.25, 0.3) is 0 Å². The van der Waals surface area contributed by atoms with Crippen molar-refractivity contribution in [2.24, 2.45) is 5.92 Å². The number of benzene rings is 1. The lowest BCUT2D eigenvalue weighted by Gasteiger charge is -2.14. The molecular formula is C14H20N2O3. The standard InChI is InChI=1S/C14H20N2O3/c17-10-13-6-7-16(8-13)9-14(18)15-19-11-12-4-2-1-3-5-12/h1-5,13,17H,6-11H2,(H,15,18). The van der Waals surface area contributed by atoms with Crippen LogP contribution in [-0.4, -0.2) is 42.2 Å². The Labute approximate surface area is 113 Å². The summed E-state index contributed by atoms with van der Waals surface area (Å²) in [6.07, 6.45) is 0.953. The molecule has 2 rings (SSSR count). The Morgan fingerprint density at radius 1 is 1.42 bits per heavy atom. The number of hydroxylamine groups is 1. The second-order valence-electron chi connectivity index (χ2n) is 4.87. The van der Waals surface area contributed by atoms with Crippen LogP contribution in [0.2, 0.25) is 0 Å². The van der Waals surface area contributed by atoms with Crippen molar-refractivity contribution in [1.82, 2.24) is 10.4 Å². The molecular weight excluding hydrogens is 244 g/mol. The van der Waals surface area contributed by atoms with Crippen molar-refractivity contribution in [2.75, 3.05) is 26.2 Å². The Balaban J connectivity index is 1.63. The third kappa shape index (κ3) is 4.63. The molecule has 1 unspecified atom stereocenters. The van der Waals surface area contributed by atoms with Crippen molar-refractivity contribution >= 4 is 5.91 Å². The number of aliphatic hydroxyl groups excluding tert-OH is 1. The predicted octanol–water partition coefficient (Wildman–Crippen LogP) is 0.549. The number of aliphatic hydroxyl groups is 1. The molecule has 1 saturated heterocycles. The van der Waals surface area contributed by atoms with Crippen molar-refractivity contribution in [3.8, 4) is 0 Å². The van der Waals surface area contributed by atoms with Crippen LogP contribution < -0.4 is 5.48 Å². The van der Waals surface area contributed by atoms with E-state index < -0.39 is 0 Å². The van der Waals surface area contributed by atoms with Gasteiger partial charge in [0.05, 0.1) is 13.2 Å². The Morgan fingerprint density at radius 3 is 2.89 bits per heavy atom. The second kappa shape index (κ2) is 7.23. The zero-order valence-electron chi connectivity index (χ0n) is 10.9. The van der Waals surface area contributed by atoms with Crippen molar-refractivity contribution in [1.29, 1.82) is 0 Å². The van der Waals surface area contributed by atoms with Crippen LogP contribution in [0.1, 0.15) is 12.0 Å². The molecule has 1 fully saturated rings. The maximum atomic E-state index is 11.6. The molecule has 5 nitrogen and oxygen atoms in total. The van der Waals surface area contributed by atoms with E-state index in [9.17, 15) is 4.79 Å². The van der Waals surface area contributed by atoms with Crippen LogP contribution in [0.5, 0.6) is 0 Å². The van der Waals surface area contributed by atoms with Gasteiger partial charge in [0.2, 0.25) is 0 Å². The smallest absolute Gasteiger partial charge is 0.257 e. The van der Waals surface area contributed by atoms with Gasteiger partial charge < -0.3 is 5.11 Å². The summed E-state index contributed by atoms with van der Waals surface area (Å²) >= 11 is 0. The minimum Gasteiger partial charge on any atom is -0.396 e. The summed E-state index contributed by atoms with van der Waals surface area (Å²) in [4.78, 5) is 18.8. The molecule has 0 aromatic heterocycles. The van der Waals surface area contributed by atoms with Gasteiger partial charge in [-0.05, 0) is 24.4 Å². The molecule has 19 heavy (non-hydrogen) atoms. The number of nitrogens with one attached hydrogen (secondary N) is 1. The number of nitrogens with zero attached hydrogens (tertiary/aromatic N) is 1. The van der Waals surface area contributed by atoms with Crippen LogP contribution in [0.4, 0.5) is 0 Å². The van der Waals surface area contributed by atoms with E-state index in [1.807, 2.05) is 35.2 Å². The van der Waals surface area contributed by atoms with Crippen molar-refractivity contribution in [3.63, 3.8) is 0 Å². The third-order valence-electron chi connectivity index (χ3n) is 3.26. The van der Waals surface area contributed by atoms with E-state index in [0.29, 0.717) is 19.1 Å². The van der Waals surface area contributed by atoms with Gasteiger partial charge in [-0.1, -0.05) is 30.3 Å². The molecule has 5 heteroatoms. The molecule has 0 saturated carbocycles. The Hall–Kier alpha value is -1.43. The zero-order chi connectivity index (χ0) is 13.5. The fourth-order valence-electron chi connectivity index (χ4n) is 2.22. The molecule has 2 N–H and O–H groups in total. The van der Waals surface area contributed by atoms with Gasteiger partial charge >= 0.3 is 0 Å². The quantitative estimate of drug-likeness (QED) is 0.737. The van der Waals surface area contributed by atoms with Gasteiger partial charge in [-0.3, -0.25) is 14.5 Å². The minimum atomic E-state index is -0.144. The van der Waals surface area contributed by atoms with Crippen LogP contribution in [0.15, 0.2) is 30.3 Å². The maximum Gasteiger partial charge on any atom is 0.257 e. The molecule has 0 spiro atoms. The SMILES string of the molecule is O=C(CN1CCC(CO)C1)NOCc1ccccc1. The maximum absolute atomic E-state index is 11.6. The highest BCUT2D eigenvalue weighted by atomic mass is 16.6. The Kier molecular flexibility index (Phi) is 5.32. The van der Waals surface area contributed by atoms with Crippen LogP contribution in [0.3, 0.4) is 0 Å². The monoisotopic (exact) mass is 264 g/mol. The lowest BCUT2D eigenvalue weighted by molar-refractivity contribution is -0.135. The van der Waals surface area contributed by atoms with E-state index in [4.69, 9.17) is 9.94 Å². The molecule has 1 aromatic rings. The Morgan fingerprint density at radius 2 is 2.21 bits per heavy atom. The number of amides is 1. The summed E-state index contributed by atoms with van der Waals surface area (Å²) in [5.41, 5.74) is 3.47. The summed E-state index contributed by atoms with van der Waals surface area (Å²) in [6, 6.07) is 9.68. The first-order valence-electron chi connectivity index (χ1n) is 6.55. The van der Waals surface area contributed by atoms with Gasteiger partial charge in [0.25, 0.3) is 5.91 Å². The van der Waals surface area contributed by atoms with Gasteiger partial charge in [0, 0.05) is 13.2 Å². The highest BCUT2D eigenvalue weighted by Gasteiger charge is 2.23. The first kappa shape index (κ1) is 14.0. The van der Waals surface area contributed by atoms with Crippen LogP contribution in [-0.2, 0) is 16.2 Å². The molecule has 1 heterocycles. The van der Waals surface area contributed by atoms with Gasteiger partial charge in [0.1, 0.15) is 0 Å². The fraction of sp³-hybridized carbons (Fsp3) is 0.500. The molecule has 1 amide bonds. The molecule has 1 aliphatic rings. The molecule has 1 aliphatic heterocycles. The van der Waals surface area contributed by atoms with E-state index in [2.05, 4.69) is 5.48 Å². The van der Waals surface area contributed by atoms with Gasteiger partial charge in [0.15, 0.2) is 0 Å². The first-order chi connectivity index (χ1) is 9.28. The minimum absolute atomic E-state index is 0.144. The molecule has 0 radical (unpaired) electrons. The topological polar surface area (TPSA) is 61.8 Å².